The first-order chi connectivity index (χ1) is 6.16. The Morgan fingerprint density at radius 1 is 1.54 bits per heavy atom. The minimum atomic E-state index is -0.539. The fraction of sp³-hybridized carbons (Fsp3) is 0.125. The molecule has 0 unspecified atom stereocenters. The topological polar surface area (TPSA) is 73.3 Å². The highest BCUT2D eigenvalue weighted by Crippen LogP contribution is 2.02. The second-order valence-electron chi connectivity index (χ2n) is 2.77. The molecule has 2 aromatic rings. The van der Waals surface area contributed by atoms with Crippen molar-refractivity contribution in [2.75, 3.05) is 0 Å². The molecule has 2 heterocycles. The number of amides is 1. The maximum Gasteiger partial charge on any atom is 0.268 e. The third-order valence-corrected chi connectivity index (χ3v) is 1.72. The van der Waals surface area contributed by atoms with Gasteiger partial charge in [0.2, 0.25) is 5.78 Å². The molecule has 0 saturated carbocycles. The van der Waals surface area contributed by atoms with Crippen molar-refractivity contribution in [2.24, 2.45) is 5.73 Å². The van der Waals surface area contributed by atoms with Crippen LogP contribution in [-0.4, -0.2) is 20.3 Å². The van der Waals surface area contributed by atoms with Crippen LogP contribution < -0.4 is 5.73 Å². The van der Waals surface area contributed by atoms with Gasteiger partial charge in [-0.1, -0.05) is 0 Å². The number of aryl methyl sites for hydroxylation is 1. The highest BCUT2D eigenvalue weighted by molar-refractivity contribution is 5.91. The predicted octanol–water partition coefficient (Wildman–Crippen LogP) is 0.137. The zero-order chi connectivity index (χ0) is 9.42. The van der Waals surface area contributed by atoms with Crippen molar-refractivity contribution in [3.63, 3.8) is 0 Å². The van der Waals surface area contributed by atoms with Gasteiger partial charge in [0.25, 0.3) is 5.91 Å². The van der Waals surface area contributed by atoms with Gasteiger partial charge in [0.15, 0.2) is 0 Å². The monoisotopic (exact) mass is 176 g/mol. The van der Waals surface area contributed by atoms with Crippen LogP contribution in [0.3, 0.4) is 0 Å². The van der Waals surface area contributed by atoms with E-state index in [9.17, 15) is 4.79 Å². The van der Waals surface area contributed by atoms with E-state index in [2.05, 4.69) is 9.97 Å². The van der Waals surface area contributed by atoms with Crippen LogP contribution >= 0.6 is 0 Å². The van der Waals surface area contributed by atoms with Gasteiger partial charge in [-0.05, 0) is 13.0 Å². The van der Waals surface area contributed by atoms with Gasteiger partial charge in [-0.25, -0.2) is 9.97 Å². The number of primary amides is 1. The Balaban J connectivity index is 2.68. The minimum absolute atomic E-state index is 0.234. The van der Waals surface area contributed by atoms with E-state index in [4.69, 9.17) is 5.73 Å². The quantitative estimate of drug-likeness (QED) is 0.671. The standard InChI is InChI=1S/C8H8N4O/c1-5-2-3-12-4-6(7(9)13)11-8(12)10-5/h2-4H,1H3,(H2,9,13). The minimum Gasteiger partial charge on any atom is -0.364 e. The molecule has 5 nitrogen and oxygen atoms in total. The number of imidazole rings is 1. The summed E-state index contributed by atoms with van der Waals surface area (Å²) in [5, 5.41) is 0. The highest BCUT2D eigenvalue weighted by Gasteiger charge is 2.06. The van der Waals surface area contributed by atoms with Crippen molar-refractivity contribution >= 4 is 11.7 Å². The largest absolute Gasteiger partial charge is 0.364 e. The van der Waals surface area contributed by atoms with E-state index >= 15 is 0 Å². The van der Waals surface area contributed by atoms with E-state index in [1.807, 2.05) is 13.0 Å². The predicted molar refractivity (Wildman–Crippen MR) is 46.2 cm³/mol. The first-order valence-electron chi connectivity index (χ1n) is 3.79. The summed E-state index contributed by atoms with van der Waals surface area (Å²) in [4.78, 5) is 18.8. The van der Waals surface area contributed by atoms with E-state index in [1.54, 1.807) is 16.8 Å². The Morgan fingerprint density at radius 3 is 3.00 bits per heavy atom. The summed E-state index contributed by atoms with van der Waals surface area (Å²) in [6.45, 7) is 1.86. The van der Waals surface area contributed by atoms with Crippen LogP contribution in [0.1, 0.15) is 16.2 Å². The van der Waals surface area contributed by atoms with Crippen molar-refractivity contribution in [3.8, 4) is 0 Å². The van der Waals surface area contributed by atoms with Gasteiger partial charge in [0.05, 0.1) is 0 Å². The summed E-state index contributed by atoms with van der Waals surface area (Å²) in [6, 6.07) is 1.83. The molecule has 2 N–H and O–H groups in total. The number of hydrogen-bond acceptors (Lipinski definition) is 3. The molecule has 5 heteroatoms. The van der Waals surface area contributed by atoms with Crippen LogP contribution in [0.15, 0.2) is 18.5 Å². The van der Waals surface area contributed by atoms with Crippen molar-refractivity contribution in [1.82, 2.24) is 14.4 Å². The number of carbonyl (C=O) groups is 1. The lowest BCUT2D eigenvalue weighted by atomic mass is 10.4. The molecular weight excluding hydrogens is 168 g/mol. The number of fused-ring (bicyclic) bond motifs is 1. The first kappa shape index (κ1) is 7.72. The van der Waals surface area contributed by atoms with E-state index < -0.39 is 5.91 Å². The molecule has 0 aliphatic heterocycles. The average molecular weight is 176 g/mol. The molecule has 13 heavy (non-hydrogen) atoms. The van der Waals surface area contributed by atoms with Crippen LogP contribution in [-0.2, 0) is 0 Å². The fourth-order valence-electron chi connectivity index (χ4n) is 1.08. The maximum atomic E-state index is 10.8. The van der Waals surface area contributed by atoms with Crippen molar-refractivity contribution in [3.05, 3.63) is 29.8 Å². The molecule has 2 aromatic heterocycles. The summed E-state index contributed by atoms with van der Waals surface area (Å²) in [5.74, 6) is -0.0445. The number of rotatable bonds is 1. The van der Waals surface area contributed by atoms with E-state index in [1.165, 1.54) is 0 Å². The van der Waals surface area contributed by atoms with Crippen LogP contribution in [0.2, 0.25) is 0 Å². The molecule has 0 atom stereocenters. The van der Waals surface area contributed by atoms with Gasteiger partial charge in [-0.2, -0.15) is 0 Å². The van der Waals surface area contributed by atoms with Crippen molar-refractivity contribution in [2.45, 2.75) is 6.92 Å². The van der Waals surface area contributed by atoms with Gasteiger partial charge in [0, 0.05) is 18.1 Å². The Hall–Kier alpha value is -1.91. The van der Waals surface area contributed by atoms with Gasteiger partial charge in [-0.3, -0.25) is 9.20 Å². The average Bonchev–Trinajstić information content (AvgIpc) is 2.46. The molecule has 0 saturated heterocycles. The third-order valence-electron chi connectivity index (χ3n) is 1.72. The van der Waals surface area contributed by atoms with Gasteiger partial charge >= 0.3 is 0 Å². The molecule has 2 rings (SSSR count). The molecule has 66 valence electrons. The van der Waals surface area contributed by atoms with E-state index in [0.717, 1.165) is 5.69 Å². The van der Waals surface area contributed by atoms with E-state index in [0.29, 0.717) is 5.78 Å². The summed E-state index contributed by atoms with van der Waals surface area (Å²) in [5.41, 5.74) is 6.16. The fourth-order valence-corrected chi connectivity index (χ4v) is 1.08. The molecule has 0 radical (unpaired) electrons. The lowest BCUT2D eigenvalue weighted by Crippen LogP contribution is -2.10. The smallest absolute Gasteiger partial charge is 0.268 e. The van der Waals surface area contributed by atoms with Crippen molar-refractivity contribution in [1.29, 1.82) is 0 Å². The van der Waals surface area contributed by atoms with Crippen LogP contribution in [0.4, 0.5) is 0 Å². The van der Waals surface area contributed by atoms with Crippen molar-refractivity contribution < 1.29 is 4.79 Å². The van der Waals surface area contributed by atoms with Crippen LogP contribution in [0.5, 0.6) is 0 Å². The third kappa shape index (κ3) is 1.24. The Labute approximate surface area is 74.2 Å². The maximum absolute atomic E-state index is 10.8. The normalized spacial score (nSPS) is 10.5. The lowest BCUT2D eigenvalue weighted by molar-refractivity contribution is 0.0996. The first-order valence-corrected chi connectivity index (χ1v) is 3.79. The summed E-state index contributed by atoms with van der Waals surface area (Å²) in [6.07, 6.45) is 3.35. The Bertz CT molecular complexity index is 474. The second kappa shape index (κ2) is 2.55. The zero-order valence-corrected chi connectivity index (χ0v) is 7.06. The summed E-state index contributed by atoms with van der Waals surface area (Å²) < 4.78 is 1.66. The molecule has 0 fully saturated rings. The molecule has 0 aliphatic rings. The Morgan fingerprint density at radius 2 is 2.31 bits per heavy atom. The molecule has 0 spiro atoms. The molecule has 1 amide bonds. The number of nitrogens with zero attached hydrogens (tertiary/aromatic N) is 3. The number of nitrogens with two attached hydrogens (primary N) is 1. The highest BCUT2D eigenvalue weighted by atomic mass is 16.1. The Kier molecular flexibility index (Phi) is 1.51. The summed E-state index contributed by atoms with van der Waals surface area (Å²) >= 11 is 0. The second-order valence-corrected chi connectivity index (χ2v) is 2.77. The van der Waals surface area contributed by atoms with E-state index in [-0.39, 0.29) is 5.69 Å². The van der Waals surface area contributed by atoms with Crippen LogP contribution in [0.25, 0.3) is 5.78 Å². The SMILES string of the molecule is Cc1ccn2cc(C(N)=O)nc2n1. The zero-order valence-electron chi connectivity index (χ0n) is 7.06. The molecular formula is C8H8N4O. The molecule has 0 bridgehead atoms. The van der Waals surface area contributed by atoms with Gasteiger partial charge < -0.3 is 5.73 Å². The lowest BCUT2D eigenvalue weighted by Gasteiger charge is -1.91. The summed E-state index contributed by atoms with van der Waals surface area (Å²) in [7, 11) is 0. The number of aromatic nitrogens is 3. The van der Waals surface area contributed by atoms with Crippen LogP contribution in [0, 0.1) is 6.92 Å². The number of hydrogen-bond donors (Lipinski definition) is 1. The van der Waals surface area contributed by atoms with Gasteiger partial charge in [-0.15, -0.1) is 0 Å². The number of carbonyl (C=O) groups excluding carboxylic acids is 1. The molecule has 0 aromatic carbocycles. The molecule has 0 aliphatic carbocycles. The van der Waals surface area contributed by atoms with Gasteiger partial charge in [0.1, 0.15) is 5.69 Å².